The second-order valence-electron chi connectivity index (χ2n) is 5.80. The van der Waals surface area contributed by atoms with Crippen molar-refractivity contribution < 1.29 is 14.1 Å². The molecular weight excluding hydrogens is 336 g/mol. The first-order chi connectivity index (χ1) is 12.6. The minimum Gasteiger partial charge on any atom is -0.467 e. The molecule has 3 aromatic rings. The predicted molar refractivity (Wildman–Crippen MR) is 92.3 cm³/mol. The summed E-state index contributed by atoms with van der Waals surface area (Å²) in [6, 6.07) is 13.0. The normalized spacial score (nSPS) is 15.8. The molecule has 3 heterocycles. The van der Waals surface area contributed by atoms with E-state index in [1.54, 1.807) is 53.8 Å². The largest absolute Gasteiger partial charge is 0.467 e. The van der Waals surface area contributed by atoms with Crippen LogP contribution in [0.15, 0.2) is 65.4 Å². The van der Waals surface area contributed by atoms with Crippen molar-refractivity contribution in [1.29, 1.82) is 0 Å². The fourth-order valence-corrected chi connectivity index (χ4v) is 2.95. The number of amides is 1. The Hall–Kier alpha value is -3.68. The van der Waals surface area contributed by atoms with E-state index in [9.17, 15) is 14.9 Å². The Bertz CT molecular complexity index is 954. The number of fused-ring (bicyclic) bond motifs is 1. The van der Waals surface area contributed by atoms with Crippen LogP contribution in [0.2, 0.25) is 0 Å². The monoisotopic (exact) mass is 350 g/mol. The van der Waals surface area contributed by atoms with Crippen molar-refractivity contribution in [1.82, 2.24) is 9.88 Å². The van der Waals surface area contributed by atoms with Gasteiger partial charge in [0.05, 0.1) is 29.0 Å². The molecular formula is C18H14N4O4. The van der Waals surface area contributed by atoms with Gasteiger partial charge >= 0.3 is 0 Å². The van der Waals surface area contributed by atoms with Gasteiger partial charge in [-0.05, 0) is 36.4 Å². The number of aromatic nitrogens is 1. The Morgan fingerprint density at radius 2 is 2.00 bits per heavy atom. The molecule has 8 nitrogen and oxygen atoms in total. The Morgan fingerprint density at radius 1 is 1.19 bits per heavy atom. The summed E-state index contributed by atoms with van der Waals surface area (Å²) < 4.78 is 5.37. The summed E-state index contributed by atoms with van der Waals surface area (Å²) in [7, 11) is 0. The third-order valence-corrected chi connectivity index (χ3v) is 4.19. The number of carbonyl (C=O) groups excluding carboxylic acids is 1. The zero-order valence-corrected chi connectivity index (χ0v) is 13.5. The van der Waals surface area contributed by atoms with Gasteiger partial charge in [0.25, 0.3) is 11.6 Å². The maximum absolute atomic E-state index is 12.8. The predicted octanol–water partition coefficient (Wildman–Crippen LogP) is 3.35. The molecule has 0 saturated carbocycles. The molecule has 4 rings (SSSR count). The van der Waals surface area contributed by atoms with Gasteiger partial charge in [0.1, 0.15) is 11.9 Å². The van der Waals surface area contributed by atoms with Crippen molar-refractivity contribution in [3.8, 4) is 0 Å². The number of nitrogens with zero attached hydrogens (tertiary/aromatic N) is 3. The second-order valence-corrected chi connectivity index (χ2v) is 5.80. The van der Waals surface area contributed by atoms with Crippen molar-refractivity contribution in [2.45, 2.75) is 12.7 Å². The number of pyridine rings is 1. The standard InChI is InChI=1S/C18H14N4O4/c23-18-15-4-1-9-19-16(15)17(21(18)11-14-3-2-10-26-14)20-12-5-7-13(8-6-12)22(24)25/h1-10,17,20H,11H2/t17-/m1/s1. The third kappa shape index (κ3) is 2.77. The van der Waals surface area contributed by atoms with Crippen LogP contribution in [0.3, 0.4) is 0 Å². The number of hydrogen-bond donors (Lipinski definition) is 1. The topological polar surface area (TPSA) is 102 Å². The van der Waals surface area contributed by atoms with Gasteiger partial charge in [-0.3, -0.25) is 19.9 Å². The Balaban J connectivity index is 1.65. The van der Waals surface area contributed by atoms with Crippen molar-refractivity contribution in [3.63, 3.8) is 0 Å². The molecule has 0 radical (unpaired) electrons. The van der Waals surface area contributed by atoms with Crippen molar-refractivity contribution in [3.05, 3.63) is 88.1 Å². The van der Waals surface area contributed by atoms with Gasteiger partial charge in [0, 0.05) is 24.0 Å². The summed E-state index contributed by atoms with van der Waals surface area (Å²) in [5, 5.41) is 14.0. The highest BCUT2D eigenvalue weighted by atomic mass is 16.6. The van der Waals surface area contributed by atoms with Gasteiger partial charge in [0.2, 0.25) is 0 Å². The van der Waals surface area contributed by atoms with Crippen LogP contribution in [0.4, 0.5) is 11.4 Å². The number of anilines is 1. The molecule has 0 bridgehead atoms. The number of nitro groups is 1. The van der Waals surface area contributed by atoms with Gasteiger partial charge < -0.3 is 14.6 Å². The van der Waals surface area contributed by atoms with E-state index >= 15 is 0 Å². The zero-order valence-electron chi connectivity index (χ0n) is 13.5. The number of nitrogens with one attached hydrogen (secondary N) is 1. The quantitative estimate of drug-likeness (QED) is 0.559. The molecule has 0 aliphatic carbocycles. The van der Waals surface area contributed by atoms with E-state index in [0.717, 1.165) is 0 Å². The lowest BCUT2D eigenvalue weighted by molar-refractivity contribution is -0.384. The fraction of sp³-hybridized carbons (Fsp3) is 0.111. The summed E-state index contributed by atoms with van der Waals surface area (Å²) in [4.78, 5) is 29.1. The number of hydrogen-bond acceptors (Lipinski definition) is 6. The summed E-state index contributed by atoms with van der Waals surface area (Å²) in [5.74, 6) is 0.505. The molecule has 1 aliphatic rings. The molecule has 0 saturated heterocycles. The number of carbonyl (C=O) groups is 1. The zero-order chi connectivity index (χ0) is 18.1. The van der Waals surface area contributed by atoms with Gasteiger partial charge in [-0.1, -0.05) is 0 Å². The van der Waals surface area contributed by atoms with Crippen molar-refractivity contribution >= 4 is 17.3 Å². The van der Waals surface area contributed by atoms with E-state index in [-0.39, 0.29) is 18.1 Å². The van der Waals surface area contributed by atoms with Crippen LogP contribution in [0.5, 0.6) is 0 Å². The van der Waals surface area contributed by atoms with E-state index in [0.29, 0.717) is 22.7 Å². The third-order valence-electron chi connectivity index (χ3n) is 4.19. The average Bonchev–Trinajstić information content (AvgIpc) is 3.25. The number of furan rings is 1. The van der Waals surface area contributed by atoms with Crippen LogP contribution in [-0.4, -0.2) is 20.7 Å². The van der Waals surface area contributed by atoms with Gasteiger partial charge in [0.15, 0.2) is 0 Å². The van der Waals surface area contributed by atoms with Gasteiger partial charge in [-0.25, -0.2) is 0 Å². The number of non-ortho nitro benzene ring substituents is 1. The molecule has 8 heteroatoms. The summed E-state index contributed by atoms with van der Waals surface area (Å²) in [6.45, 7) is 0.285. The molecule has 0 spiro atoms. The first-order valence-electron chi connectivity index (χ1n) is 7.93. The van der Waals surface area contributed by atoms with Crippen LogP contribution in [0, 0.1) is 10.1 Å². The molecule has 0 fully saturated rings. The van der Waals surface area contributed by atoms with E-state index < -0.39 is 11.1 Å². The van der Waals surface area contributed by atoms with E-state index in [4.69, 9.17) is 4.42 Å². The van der Waals surface area contributed by atoms with Crippen molar-refractivity contribution in [2.24, 2.45) is 0 Å². The molecule has 2 aromatic heterocycles. The SMILES string of the molecule is O=C1c2cccnc2[C@H](Nc2ccc([N+](=O)[O-])cc2)N1Cc1ccco1. The molecule has 0 unspecified atom stereocenters. The van der Waals surface area contributed by atoms with Crippen molar-refractivity contribution in [2.75, 3.05) is 5.32 Å². The van der Waals surface area contributed by atoms with Crippen LogP contribution in [0.1, 0.15) is 28.0 Å². The molecule has 26 heavy (non-hydrogen) atoms. The summed E-state index contributed by atoms with van der Waals surface area (Å²) in [5.41, 5.74) is 1.79. The number of rotatable bonds is 5. The number of benzene rings is 1. The smallest absolute Gasteiger partial charge is 0.269 e. The van der Waals surface area contributed by atoms with Gasteiger partial charge in [-0.2, -0.15) is 0 Å². The molecule has 1 amide bonds. The minimum absolute atomic E-state index is 0.00372. The first-order valence-corrected chi connectivity index (χ1v) is 7.93. The summed E-state index contributed by atoms with van der Waals surface area (Å²) in [6.07, 6.45) is 2.69. The maximum atomic E-state index is 12.8. The maximum Gasteiger partial charge on any atom is 0.269 e. The highest BCUT2D eigenvalue weighted by Crippen LogP contribution is 2.34. The average molecular weight is 350 g/mol. The lowest BCUT2D eigenvalue weighted by Crippen LogP contribution is -2.31. The van der Waals surface area contributed by atoms with Gasteiger partial charge in [-0.15, -0.1) is 0 Å². The summed E-state index contributed by atoms with van der Waals surface area (Å²) >= 11 is 0. The number of nitro benzene ring substituents is 1. The van der Waals surface area contributed by atoms with Crippen LogP contribution >= 0.6 is 0 Å². The van der Waals surface area contributed by atoms with Crippen LogP contribution in [0.25, 0.3) is 0 Å². The molecule has 130 valence electrons. The molecule has 1 N–H and O–H groups in total. The highest BCUT2D eigenvalue weighted by molar-refractivity contribution is 5.98. The fourth-order valence-electron chi connectivity index (χ4n) is 2.95. The molecule has 1 aliphatic heterocycles. The Kier molecular flexibility index (Phi) is 3.85. The first kappa shape index (κ1) is 15.8. The van der Waals surface area contributed by atoms with E-state index in [1.165, 1.54) is 12.1 Å². The highest BCUT2D eigenvalue weighted by Gasteiger charge is 2.38. The molecule has 1 aromatic carbocycles. The Morgan fingerprint density at radius 3 is 2.69 bits per heavy atom. The Labute approximate surface area is 148 Å². The lowest BCUT2D eigenvalue weighted by Gasteiger charge is -2.25. The minimum atomic E-state index is -0.495. The lowest BCUT2D eigenvalue weighted by atomic mass is 10.2. The van der Waals surface area contributed by atoms with Crippen LogP contribution < -0.4 is 5.32 Å². The second kappa shape index (κ2) is 6.32. The van der Waals surface area contributed by atoms with E-state index in [1.807, 2.05) is 0 Å². The van der Waals surface area contributed by atoms with Crippen LogP contribution in [-0.2, 0) is 6.54 Å². The van der Waals surface area contributed by atoms with E-state index in [2.05, 4.69) is 10.3 Å². The molecule has 1 atom stereocenters.